The molecule has 3 N–H and O–H groups in total. The highest BCUT2D eigenvalue weighted by Crippen LogP contribution is 2.19. The van der Waals surface area contributed by atoms with E-state index >= 15 is 0 Å². The lowest BCUT2D eigenvalue weighted by Gasteiger charge is -2.31. The first kappa shape index (κ1) is 27.2. The van der Waals surface area contributed by atoms with E-state index in [1.54, 1.807) is 0 Å². The van der Waals surface area contributed by atoms with Crippen molar-refractivity contribution in [1.29, 1.82) is 0 Å². The van der Waals surface area contributed by atoms with Gasteiger partial charge in [0, 0.05) is 32.2 Å². The predicted octanol–water partition coefficient (Wildman–Crippen LogP) is 3.34. The molecule has 0 radical (unpaired) electrons. The highest BCUT2D eigenvalue weighted by atomic mass is 127. The van der Waals surface area contributed by atoms with Gasteiger partial charge in [0.1, 0.15) is 5.60 Å². The fourth-order valence-corrected chi connectivity index (χ4v) is 3.15. The van der Waals surface area contributed by atoms with Crippen LogP contribution in [0.15, 0.2) is 4.99 Å². The van der Waals surface area contributed by atoms with Crippen molar-refractivity contribution in [1.82, 2.24) is 20.9 Å². The molecule has 1 saturated carbocycles. The van der Waals surface area contributed by atoms with Gasteiger partial charge >= 0.3 is 6.09 Å². The molecule has 0 aromatic heterocycles. The summed E-state index contributed by atoms with van der Waals surface area (Å²) in [5.41, 5.74) is -0.453. The van der Waals surface area contributed by atoms with E-state index in [4.69, 9.17) is 4.74 Å². The molecule has 0 aromatic carbocycles. The molecule has 0 atom stereocenters. The van der Waals surface area contributed by atoms with Crippen molar-refractivity contribution in [3.05, 3.63) is 0 Å². The summed E-state index contributed by atoms with van der Waals surface area (Å²) >= 11 is 0. The Morgan fingerprint density at radius 2 is 1.68 bits per heavy atom. The Morgan fingerprint density at radius 3 is 2.18 bits per heavy atom. The minimum Gasteiger partial charge on any atom is -0.444 e. The van der Waals surface area contributed by atoms with Gasteiger partial charge in [-0.3, -0.25) is 4.99 Å². The van der Waals surface area contributed by atoms with E-state index < -0.39 is 5.60 Å². The normalized spacial score (nSPS) is 20.3. The lowest BCUT2D eigenvalue weighted by atomic mass is 9.91. The maximum absolute atomic E-state index is 11.9. The molecule has 0 aromatic rings. The van der Waals surface area contributed by atoms with E-state index in [1.165, 1.54) is 12.8 Å². The van der Waals surface area contributed by atoms with Gasteiger partial charge in [-0.25, -0.2) is 4.79 Å². The summed E-state index contributed by atoms with van der Waals surface area (Å²) in [4.78, 5) is 18.6. The first-order chi connectivity index (χ1) is 12.7. The minimum absolute atomic E-state index is 0. The Kier molecular flexibility index (Phi) is 13.9. The molecule has 0 spiro atoms. The van der Waals surface area contributed by atoms with Gasteiger partial charge < -0.3 is 25.6 Å². The third-order valence-electron chi connectivity index (χ3n) is 4.69. The summed E-state index contributed by atoms with van der Waals surface area (Å²) in [5.74, 6) is 0.863. The summed E-state index contributed by atoms with van der Waals surface area (Å²) in [6.45, 7) is 10.9. The van der Waals surface area contributed by atoms with E-state index in [2.05, 4.69) is 39.8 Å². The van der Waals surface area contributed by atoms with E-state index in [0.29, 0.717) is 6.04 Å². The predicted molar refractivity (Wildman–Crippen MR) is 128 cm³/mol. The SMILES string of the molecule is CCCCN(C)CCNC(=NC)NC1CCC(NC(=O)OC(C)(C)C)CC1.I. The molecular formula is C20H42IN5O2. The molecular weight excluding hydrogens is 469 g/mol. The number of carbonyl (C=O) groups excluding carboxylic acids is 1. The number of alkyl carbamates (subject to hydrolysis) is 1. The number of rotatable bonds is 8. The van der Waals surface area contributed by atoms with Crippen molar-refractivity contribution < 1.29 is 9.53 Å². The van der Waals surface area contributed by atoms with E-state index in [-0.39, 0.29) is 36.1 Å². The zero-order chi connectivity index (χ0) is 20.3. The van der Waals surface area contributed by atoms with Crippen molar-refractivity contribution >= 4 is 36.0 Å². The van der Waals surface area contributed by atoms with E-state index in [1.807, 2.05) is 27.8 Å². The number of aliphatic imine (C=N–C) groups is 1. The summed E-state index contributed by atoms with van der Waals surface area (Å²) in [5, 5.41) is 9.90. The molecule has 8 heteroatoms. The Hall–Kier alpha value is -0.770. The third-order valence-corrected chi connectivity index (χ3v) is 4.69. The van der Waals surface area contributed by atoms with Crippen LogP contribution < -0.4 is 16.0 Å². The monoisotopic (exact) mass is 511 g/mol. The topological polar surface area (TPSA) is 78.0 Å². The molecule has 1 fully saturated rings. The summed E-state index contributed by atoms with van der Waals surface area (Å²) < 4.78 is 5.34. The van der Waals surface area contributed by atoms with Crippen LogP contribution in [0.5, 0.6) is 0 Å². The summed E-state index contributed by atoms with van der Waals surface area (Å²) in [6.07, 6.45) is 6.08. The standard InChI is InChI=1S/C20H41N5O2.HI/c1-7-8-14-25(6)15-13-22-18(21-5)23-16-9-11-17(12-10-16)24-19(26)27-20(2,3)4;/h16-17H,7-15H2,1-6H3,(H,24,26)(H2,21,22,23);1H. The molecule has 1 amide bonds. The number of carbonyl (C=O) groups is 1. The van der Waals surface area contributed by atoms with Crippen molar-refractivity contribution in [2.45, 2.75) is 83.9 Å². The summed E-state index contributed by atoms with van der Waals surface area (Å²) in [7, 11) is 3.97. The number of hydrogen-bond donors (Lipinski definition) is 3. The number of unbranched alkanes of at least 4 members (excludes halogenated alkanes) is 1. The van der Waals surface area contributed by atoms with Crippen LogP contribution >= 0.6 is 24.0 Å². The Morgan fingerprint density at radius 1 is 1.11 bits per heavy atom. The van der Waals surface area contributed by atoms with Crippen LogP contribution in [0, 0.1) is 0 Å². The largest absolute Gasteiger partial charge is 0.444 e. The van der Waals surface area contributed by atoms with Gasteiger partial charge in [-0.05, 0) is 66.5 Å². The molecule has 28 heavy (non-hydrogen) atoms. The van der Waals surface area contributed by atoms with Gasteiger partial charge in [-0.2, -0.15) is 0 Å². The van der Waals surface area contributed by atoms with Crippen molar-refractivity contribution in [3.63, 3.8) is 0 Å². The number of ether oxygens (including phenoxy) is 1. The number of nitrogens with zero attached hydrogens (tertiary/aromatic N) is 2. The minimum atomic E-state index is -0.453. The molecule has 1 rings (SSSR count). The van der Waals surface area contributed by atoms with Crippen LogP contribution in [0.3, 0.4) is 0 Å². The quantitative estimate of drug-likeness (QED) is 0.265. The lowest BCUT2D eigenvalue weighted by molar-refractivity contribution is 0.0490. The van der Waals surface area contributed by atoms with Crippen molar-refractivity contribution in [3.8, 4) is 0 Å². The molecule has 0 unspecified atom stereocenters. The fourth-order valence-electron chi connectivity index (χ4n) is 3.15. The average Bonchev–Trinajstić information content (AvgIpc) is 2.59. The highest BCUT2D eigenvalue weighted by Gasteiger charge is 2.25. The maximum atomic E-state index is 11.9. The van der Waals surface area contributed by atoms with Gasteiger partial charge in [0.25, 0.3) is 0 Å². The zero-order valence-corrected chi connectivity index (χ0v) is 21.0. The Balaban J connectivity index is 0.00000729. The highest BCUT2D eigenvalue weighted by molar-refractivity contribution is 14.0. The van der Waals surface area contributed by atoms with Gasteiger partial charge in [-0.1, -0.05) is 13.3 Å². The average molecular weight is 511 g/mol. The van der Waals surface area contributed by atoms with Crippen LogP contribution in [-0.2, 0) is 4.74 Å². The van der Waals surface area contributed by atoms with Gasteiger partial charge in [0.05, 0.1) is 0 Å². The summed E-state index contributed by atoms with van der Waals surface area (Å²) in [6, 6.07) is 0.589. The van der Waals surface area contributed by atoms with Gasteiger partial charge in [0.2, 0.25) is 0 Å². The number of hydrogen-bond acceptors (Lipinski definition) is 4. The van der Waals surface area contributed by atoms with Crippen molar-refractivity contribution in [2.75, 3.05) is 33.7 Å². The molecule has 7 nitrogen and oxygen atoms in total. The number of halogens is 1. The molecule has 0 aliphatic heterocycles. The van der Waals surface area contributed by atoms with Crippen LogP contribution in [0.4, 0.5) is 4.79 Å². The number of amides is 1. The van der Waals surface area contributed by atoms with E-state index in [0.717, 1.165) is 51.3 Å². The first-order valence-electron chi connectivity index (χ1n) is 10.4. The van der Waals surface area contributed by atoms with Gasteiger partial charge in [0.15, 0.2) is 5.96 Å². The molecule has 1 aliphatic rings. The second kappa shape index (κ2) is 14.3. The van der Waals surface area contributed by atoms with Crippen LogP contribution in [0.25, 0.3) is 0 Å². The van der Waals surface area contributed by atoms with Crippen LogP contribution in [0.1, 0.15) is 66.2 Å². The maximum Gasteiger partial charge on any atom is 0.407 e. The zero-order valence-electron chi connectivity index (χ0n) is 18.6. The van der Waals surface area contributed by atoms with Crippen LogP contribution in [0.2, 0.25) is 0 Å². The third kappa shape index (κ3) is 12.6. The molecule has 0 saturated heterocycles. The lowest BCUT2D eigenvalue weighted by Crippen LogP contribution is -2.49. The first-order valence-corrected chi connectivity index (χ1v) is 10.4. The Labute approximate surface area is 188 Å². The smallest absolute Gasteiger partial charge is 0.407 e. The molecule has 1 aliphatic carbocycles. The number of likely N-dealkylation sites (N-methyl/N-ethyl adjacent to an activating group) is 1. The van der Waals surface area contributed by atoms with Crippen molar-refractivity contribution in [2.24, 2.45) is 4.99 Å². The molecule has 166 valence electrons. The second-order valence-corrected chi connectivity index (χ2v) is 8.49. The van der Waals surface area contributed by atoms with Crippen LogP contribution in [-0.4, -0.2) is 68.4 Å². The fraction of sp³-hybridized carbons (Fsp3) is 0.900. The number of guanidine groups is 1. The Bertz CT molecular complexity index is 460. The van der Waals surface area contributed by atoms with E-state index in [9.17, 15) is 4.79 Å². The molecule has 0 bridgehead atoms. The second-order valence-electron chi connectivity index (χ2n) is 8.49. The molecule has 0 heterocycles. The van der Waals surface area contributed by atoms with Gasteiger partial charge in [-0.15, -0.1) is 24.0 Å². The number of nitrogens with one attached hydrogen (secondary N) is 3.